The summed E-state index contributed by atoms with van der Waals surface area (Å²) in [5.41, 5.74) is 1.61. The number of rotatable bonds is 19. The summed E-state index contributed by atoms with van der Waals surface area (Å²) in [5.74, 6) is 0.383. The van der Waals surface area contributed by atoms with E-state index < -0.39 is 25.5 Å². The summed E-state index contributed by atoms with van der Waals surface area (Å²) in [6.45, 7) is 5.62. The summed E-state index contributed by atoms with van der Waals surface area (Å²) in [4.78, 5) is 7.56. The first kappa shape index (κ1) is 31.7. The second-order valence-corrected chi connectivity index (χ2v) is 13.7. The smallest absolute Gasteiger partial charge is 0.294 e. The zero-order valence-corrected chi connectivity index (χ0v) is 24.3. The first-order chi connectivity index (χ1) is 17.4. The number of imidazole rings is 1. The number of benzene rings is 1. The highest BCUT2D eigenvalue weighted by Gasteiger charge is 2.24. The van der Waals surface area contributed by atoms with Crippen LogP contribution in [0.15, 0.2) is 17.0 Å². The zero-order valence-electron chi connectivity index (χ0n) is 22.7. The Balaban J connectivity index is 1.94. The maximum absolute atomic E-state index is 12.1. The van der Waals surface area contributed by atoms with Crippen LogP contribution in [0, 0.1) is 0 Å². The molecule has 0 amide bonds. The Morgan fingerprint density at radius 2 is 1.35 bits per heavy atom. The van der Waals surface area contributed by atoms with Crippen LogP contribution in [0.3, 0.4) is 0 Å². The van der Waals surface area contributed by atoms with Gasteiger partial charge in [-0.3, -0.25) is 9.11 Å². The van der Waals surface area contributed by atoms with Gasteiger partial charge < -0.3 is 4.98 Å². The Bertz CT molecular complexity index is 1170. The third-order valence-corrected chi connectivity index (χ3v) is 9.42. The summed E-state index contributed by atoms with van der Waals surface area (Å²) in [7, 11) is -8.56. The topological polar surface area (TPSA) is 137 Å². The van der Waals surface area contributed by atoms with Crippen LogP contribution in [0.2, 0.25) is 0 Å². The van der Waals surface area contributed by atoms with Crippen LogP contribution in [-0.2, 0) is 26.7 Å². The van der Waals surface area contributed by atoms with Gasteiger partial charge in [0.05, 0.1) is 21.2 Å². The van der Waals surface area contributed by atoms with Crippen LogP contribution >= 0.6 is 0 Å². The van der Waals surface area contributed by atoms with E-state index >= 15 is 0 Å². The van der Waals surface area contributed by atoms with Crippen molar-refractivity contribution >= 4 is 31.3 Å². The molecule has 212 valence electrons. The number of aryl methyl sites for hydroxylation is 1. The van der Waals surface area contributed by atoms with E-state index in [1.807, 2.05) is 6.92 Å². The van der Waals surface area contributed by atoms with Gasteiger partial charge in [0.2, 0.25) is 0 Å². The predicted molar refractivity (Wildman–Crippen MR) is 149 cm³/mol. The summed E-state index contributed by atoms with van der Waals surface area (Å²) in [5, 5.41) is -0.932. The second-order valence-electron chi connectivity index (χ2n) is 10.5. The number of fused-ring (bicyclic) bond motifs is 1. The molecule has 2 rings (SSSR count). The van der Waals surface area contributed by atoms with Gasteiger partial charge in [0.15, 0.2) is 0 Å². The van der Waals surface area contributed by atoms with Crippen molar-refractivity contribution in [1.82, 2.24) is 9.97 Å². The SMILES string of the molecule is CCCCCCCCCCCCCCC(C)c1c(S(=O)(=O)O)ccc2[nH]c(CCC(C)S(=O)(=O)O)nc12. The number of H-pyrrole nitrogens is 1. The molecule has 0 spiro atoms. The Hall–Kier alpha value is -1.49. The third kappa shape index (κ3) is 10.7. The summed E-state index contributed by atoms with van der Waals surface area (Å²) >= 11 is 0. The predicted octanol–water partition coefficient (Wildman–Crippen LogP) is 7.21. The third-order valence-electron chi connectivity index (χ3n) is 7.26. The lowest BCUT2D eigenvalue weighted by Gasteiger charge is -2.16. The molecule has 0 saturated carbocycles. The molecule has 0 radical (unpaired) electrons. The molecule has 8 nitrogen and oxygen atoms in total. The quantitative estimate of drug-likeness (QED) is 0.122. The van der Waals surface area contributed by atoms with Crippen LogP contribution in [0.25, 0.3) is 11.0 Å². The minimum atomic E-state index is -4.43. The zero-order chi connectivity index (χ0) is 27.5. The van der Waals surface area contributed by atoms with Crippen molar-refractivity contribution in [2.45, 2.75) is 133 Å². The number of aromatic amines is 1. The maximum Gasteiger partial charge on any atom is 0.294 e. The van der Waals surface area contributed by atoms with E-state index in [4.69, 9.17) is 0 Å². The Kier molecular flexibility index (Phi) is 13.0. The maximum atomic E-state index is 12.1. The molecule has 10 heteroatoms. The van der Waals surface area contributed by atoms with Gasteiger partial charge in [-0.1, -0.05) is 90.9 Å². The first-order valence-corrected chi connectivity index (χ1v) is 16.8. The number of unbranched alkanes of at least 4 members (excludes halogenated alkanes) is 11. The van der Waals surface area contributed by atoms with Crippen LogP contribution in [0.5, 0.6) is 0 Å². The van der Waals surface area contributed by atoms with E-state index in [-0.39, 0.29) is 23.7 Å². The number of nitrogens with zero attached hydrogens (tertiary/aromatic N) is 1. The summed E-state index contributed by atoms with van der Waals surface area (Å²) in [6, 6.07) is 2.97. The molecule has 1 aromatic carbocycles. The summed E-state index contributed by atoms with van der Waals surface area (Å²) in [6.07, 6.45) is 16.2. The van der Waals surface area contributed by atoms with Crippen molar-refractivity contribution in [2.24, 2.45) is 0 Å². The average Bonchev–Trinajstić information content (AvgIpc) is 3.24. The fraction of sp³-hybridized carbons (Fsp3) is 0.741. The van der Waals surface area contributed by atoms with E-state index in [1.54, 1.807) is 6.07 Å². The molecule has 0 aliphatic rings. The van der Waals surface area contributed by atoms with Crippen molar-refractivity contribution in [3.63, 3.8) is 0 Å². The van der Waals surface area contributed by atoms with E-state index in [1.165, 1.54) is 70.8 Å². The molecular formula is C27H46N2O6S2. The second kappa shape index (κ2) is 15.2. The van der Waals surface area contributed by atoms with Crippen LogP contribution < -0.4 is 0 Å². The van der Waals surface area contributed by atoms with Gasteiger partial charge in [0.1, 0.15) is 5.82 Å². The van der Waals surface area contributed by atoms with Crippen molar-refractivity contribution in [3.8, 4) is 0 Å². The highest BCUT2D eigenvalue weighted by atomic mass is 32.2. The molecule has 0 bridgehead atoms. The molecule has 2 atom stereocenters. The fourth-order valence-corrected chi connectivity index (χ4v) is 6.11. The normalized spacial score (nSPS) is 14.3. The summed E-state index contributed by atoms with van der Waals surface area (Å²) < 4.78 is 66.0. The lowest BCUT2D eigenvalue weighted by atomic mass is 9.93. The fourth-order valence-electron chi connectivity index (χ4n) is 4.87. The standard InChI is InChI=1S/C27H46N2O6S2/c1-4-5-6-7-8-9-10-11-12-13-14-15-16-21(2)26-24(37(33,34)35)19-18-23-27(26)29-25(28-23)20-17-22(3)36(30,31)32/h18-19,21-22H,4-17,20H2,1-3H3,(H,28,29)(H,30,31,32)(H,33,34,35). The van der Waals surface area contributed by atoms with Gasteiger partial charge >= 0.3 is 0 Å². The molecular weight excluding hydrogens is 512 g/mol. The minimum Gasteiger partial charge on any atom is -0.342 e. The largest absolute Gasteiger partial charge is 0.342 e. The highest BCUT2D eigenvalue weighted by Crippen LogP contribution is 2.34. The van der Waals surface area contributed by atoms with Gasteiger partial charge in [0, 0.05) is 12.0 Å². The number of aromatic nitrogens is 2. The van der Waals surface area contributed by atoms with Crippen molar-refractivity contribution in [1.29, 1.82) is 0 Å². The van der Waals surface area contributed by atoms with E-state index in [2.05, 4.69) is 16.9 Å². The van der Waals surface area contributed by atoms with Crippen molar-refractivity contribution in [3.05, 3.63) is 23.5 Å². The molecule has 1 heterocycles. The lowest BCUT2D eigenvalue weighted by molar-refractivity contribution is 0.465. The Morgan fingerprint density at radius 3 is 1.86 bits per heavy atom. The molecule has 1 aromatic heterocycles. The molecule has 0 fully saturated rings. The van der Waals surface area contributed by atoms with Gasteiger partial charge in [-0.05, 0) is 37.8 Å². The Labute approximate surface area is 223 Å². The van der Waals surface area contributed by atoms with E-state index in [0.717, 1.165) is 25.7 Å². The van der Waals surface area contributed by atoms with Crippen LogP contribution in [0.1, 0.15) is 128 Å². The highest BCUT2D eigenvalue weighted by molar-refractivity contribution is 7.86. The minimum absolute atomic E-state index is 0.128. The van der Waals surface area contributed by atoms with Gasteiger partial charge in [-0.25, -0.2) is 4.98 Å². The van der Waals surface area contributed by atoms with Crippen LogP contribution in [0.4, 0.5) is 0 Å². The number of hydrogen-bond donors (Lipinski definition) is 3. The van der Waals surface area contributed by atoms with Crippen LogP contribution in [-0.4, -0.2) is 41.2 Å². The lowest BCUT2D eigenvalue weighted by Crippen LogP contribution is -2.17. The monoisotopic (exact) mass is 558 g/mol. The molecule has 0 aliphatic heterocycles. The van der Waals surface area contributed by atoms with Crippen molar-refractivity contribution < 1.29 is 25.9 Å². The molecule has 2 aromatic rings. The number of hydrogen-bond acceptors (Lipinski definition) is 5. The van der Waals surface area contributed by atoms with Gasteiger partial charge in [-0.2, -0.15) is 16.8 Å². The van der Waals surface area contributed by atoms with E-state index in [9.17, 15) is 25.9 Å². The number of nitrogens with one attached hydrogen (secondary N) is 1. The molecule has 0 saturated heterocycles. The molecule has 37 heavy (non-hydrogen) atoms. The molecule has 3 N–H and O–H groups in total. The van der Waals surface area contributed by atoms with Crippen molar-refractivity contribution in [2.75, 3.05) is 0 Å². The first-order valence-electron chi connectivity index (χ1n) is 13.9. The molecule has 0 aliphatic carbocycles. The molecule has 2 unspecified atom stereocenters. The van der Waals surface area contributed by atoms with E-state index in [0.29, 0.717) is 22.4 Å². The van der Waals surface area contributed by atoms with Gasteiger partial charge in [-0.15, -0.1) is 0 Å². The Morgan fingerprint density at radius 1 is 0.811 bits per heavy atom. The van der Waals surface area contributed by atoms with Gasteiger partial charge in [0.25, 0.3) is 20.2 Å². The average molecular weight is 559 g/mol.